The van der Waals surface area contributed by atoms with Gasteiger partial charge in [-0.15, -0.1) is 0 Å². The molecule has 3 aromatic carbocycles. The summed E-state index contributed by atoms with van der Waals surface area (Å²) in [5.41, 5.74) is 7.56. The number of halogens is 1. The largest absolute Gasteiger partial charge is 0.248 e. The number of nitrogens with zero attached hydrogens (tertiary/aromatic N) is 1. The molecule has 0 aliphatic heterocycles. The average molecular weight is 356 g/mol. The Morgan fingerprint density at radius 1 is 0.577 bits per heavy atom. The fourth-order valence-electron chi connectivity index (χ4n) is 3.07. The van der Waals surface area contributed by atoms with Crippen molar-refractivity contribution in [2.75, 3.05) is 0 Å². The molecule has 1 aromatic heterocycles. The molecule has 0 N–H and O–H groups in total. The van der Waals surface area contributed by atoms with Crippen LogP contribution >= 0.6 is 11.6 Å². The van der Waals surface area contributed by atoms with E-state index in [2.05, 4.69) is 61.5 Å². The lowest BCUT2D eigenvalue weighted by Crippen LogP contribution is -1.91. The summed E-state index contributed by atoms with van der Waals surface area (Å²) < 4.78 is 0. The van der Waals surface area contributed by atoms with Crippen LogP contribution in [0.25, 0.3) is 33.6 Å². The normalized spacial score (nSPS) is 10.7. The number of aromatic nitrogens is 1. The van der Waals surface area contributed by atoms with Crippen LogP contribution in [0.1, 0.15) is 5.56 Å². The SMILES string of the molecule is Cc1cccc(-c2cc(-c3cccc(Cl)c3)cc(-c3ccccc3)n2)c1. The second-order valence-corrected chi connectivity index (χ2v) is 6.81. The molecule has 0 unspecified atom stereocenters. The number of hydrogen-bond acceptors (Lipinski definition) is 1. The molecule has 4 aromatic rings. The van der Waals surface area contributed by atoms with Crippen molar-refractivity contribution in [3.63, 3.8) is 0 Å². The summed E-state index contributed by atoms with van der Waals surface area (Å²) in [4.78, 5) is 4.93. The van der Waals surface area contributed by atoms with Crippen molar-refractivity contribution in [1.29, 1.82) is 0 Å². The van der Waals surface area contributed by atoms with E-state index in [-0.39, 0.29) is 0 Å². The Balaban J connectivity index is 1.93. The van der Waals surface area contributed by atoms with Crippen molar-refractivity contribution in [1.82, 2.24) is 4.98 Å². The third kappa shape index (κ3) is 3.54. The second kappa shape index (κ2) is 7.15. The van der Waals surface area contributed by atoms with Gasteiger partial charge in [-0.1, -0.05) is 77.8 Å². The Bertz CT molecular complexity index is 991. The van der Waals surface area contributed by atoms with Crippen LogP contribution in [0.3, 0.4) is 0 Å². The maximum atomic E-state index is 6.21. The molecule has 0 spiro atoms. The first-order chi connectivity index (χ1) is 12.7. The van der Waals surface area contributed by atoms with Gasteiger partial charge in [-0.3, -0.25) is 0 Å². The highest BCUT2D eigenvalue weighted by Crippen LogP contribution is 2.31. The topological polar surface area (TPSA) is 12.9 Å². The number of hydrogen-bond donors (Lipinski definition) is 0. The summed E-state index contributed by atoms with van der Waals surface area (Å²) in [5, 5.41) is 0.734. The van der Waals surface area contributed by atoms with Crippen LogP contribution in [0.4, 0.5) is 0 Å². The van der Waals surface area contributed by atoms with Crippen LogP contribution in [0, 0.1) is 6.92 Å². The smallest absolute Gasteiger partial charge is 0.0715 e. The third-order valence-electron chi connectivity index (χ3n) is 4.37. The van der Waals surface area contributed by atoms with Gasteiger partial charge < -0.3 is 0 Å². The molecule has 26 heavy (non-hydrogen) atoms. The van der Waals surface area contributed by atoms with Gasteiger partial charge >= 0.3 is 0 Å². The molecule has 0 saturated carbocycles. The lowest BCUT2D eigenvalue weighted by Gasteiger charge is -2.11. The first-order valence-corrected chi connectivity index (χ1v) is 8.97. The van der Waals surface area contributed by atoms with Gasteiger partial charge in [-0.05, 0) is 48.4 Å². The molecule has 0 aliphatic carbocycles. The molecule has 0 amide bonds. The summed E-state index contributed by atoms with van der Waals surface area (Å²) >= 11 is 6.21. The van der Waals surface area contributed by atoms with Gasteiger partial charge in [-0.2, -0.15) is 0 Å². The minimum atomic E-state index is 0.734. The molecule has 1 heterocycles. The van der Waals surface area contributed by atoms with Crippen molar-refractivity contribution in [2.45, 2.75) is 6.92 Å². The summed E-state index contributed by atoms with van der Waals surface area (Å²) in [6.07, 6.45) is 0. The number of rotatable bonds is 3. The van der Waals surface area contributed by atoms with E-state index >= 15 is 0 Å². The van der Waals surface area contributed by atoms with Crippen LogP contribution < -0.4 is 0 Å². The predicted molar refractivity (Wildman–Crippen MR) is 110 cm³/mol. The Hall–Kier alpha value is -2.90. The number of benzene rings is 3. The van der Waals surface area contributed by atoms with Gasteiger partial charge in [0.2, 0.25) is 0 Å². The molecule has 0 atom stereocenters. The van der Waals surface area contributed by atoms with E-state index in [9.17, 15) is 0 Å². The van der Waals surface area contributed by atoms with Crippen LogP contribution in [-0.4, -0.2) is 4.98 Å². The van der Waals surface area contributed by atoms with Gasteiger partial charge in [-0.25, -0.2) is 4.98 Å². The maximum Gasteiger partial charge on any atom is 0.0715 e. The molecule has 0 aliphatic rings. The summed E-state index contributed by atoms with van der Waals surface area (Å²) in [5.74, 6) is 0. The second-order valence-electron chi connectivity index (χ2n) is 6.37. The van der Waals surface area contributed by atoms with Crippen molar-refractivity contribution >= 4 is 11.6 Å². The van der Waals surface area contributed by atoms with Crippen LogP contribution in [0.2, 0.25) is 5.02 Å². The van der Waals surface area contributed by atoms with Crippen molar-refractivity contribution in [3.05, 3.63) is 102 Å². The molecule has 126 valence electrons. The fraction of sp³-hybridized carbons (Fsp3) is 0.0417. The maximum absolute atomic E-state index is 6.21. The third-order valence-corrected chi connectivity index (χ3v) is 4.60. The molecule has 2 heteroatoms. The van der Waals surface area contributed by atoms with Gasteiger partial charge in [0.05, 0.1) is 11.4 Å². The molecule has 0 radical (unpaired) electrons. The minimum absolute atomic E-state index is 0.734. The lowest BCUT2D eigenvalue weighted by molar-refractivity contribution is 1.31. The summed E-state index contributed by atoms with van der Waals surface area (Å²) in [6, 6.07) is 30.9. The Kier molecular flexibility index (Phi) is 4.55. The molecule has 0 fully saturated rings. The van der Waals surface area contributed by atoms with E-state index < -0.39 is 0 Å². The lowest BCUT2D eigenvalue weighted by atomic mass is 9.99. The molecule has 1 nitrogen and oxygen atoms in total. The monoisotopic (exact) mass is 355 g/mol. The summed E-state index contributed by atoms with van der Waals surface area (Å²) in [6.45, 7) is 2.10. The highest BCUT2D eigenvalue weighted by Gasteiger charge is 2.09. The van der Waals surface area contributed by atoms with E-state index in [1.165, 1.54) is 5.56 Å². The predicted octanol–water partition coefficient (Wildman–Crippen LogP) is 7.04. The van der Waals surface area contributed by atoms with Crippen LogP contribution in [0.5, 0.6) is 0 Å². The zero-order valence-corrected chi connectivity index (χ0v) is 15.2. The zero-order valence-electron chi connectivity index (χ0n) is 14.5. The van der Waals surface area contributed by atoms with E-state index in [1.807, 2.05) is 36.4 Å². The van der Waals surface area contributed by atoms with E-state index in [0.29, 0.717) is 0 Å². The van der Waals surface area contributed by atoms with Crippen LogP contribution in [-0.2, 0) is 0 Å². The van der Waals surface area contributed by atoms with Crippen molar-refractivity contribution < 1.29 is 0 Å². The quantitative estimate of drug-likeness (QED) is 0.384. The number of pyridine rings is 1. The summed E-state index contributed by atoms with van der Waals surface area (Å²) in [7, 11) is 0. The number of aryl methyl sites for hydroxylation is 1. The van der Waals surface area contributed by atoms with E-state index in [1.54, 1.807) is 0 Å². The van der Waals surface area contributed by atoms with Crippen molar-refractivity contribution in [2.24, 2.45) is 0 Å². The van der Waals surface area contributed by atoms with E-state index in [0.717, 1.165) is 38.7 Å². The molecular formula is C24H18ClN. The molecular weight excluding hydrogens is 338 g/mol. The molecule has 0 saturated heterocycles. The van der Waals surface area contributed by atoms with Gasteiger partial charge in [0.25, 0.3) is 0 Å². The van der Waals surface area contributed by atoms with E-state index in [4.69, 9.17) is 16.6 Å². The van der Waals surface area contributed by atoms with Gasteiger partial charge in [0, 0.05) is 16.1 Å². The average Bonchev–Trinajstić information content (AvgIpc) is 2.68. The Morgan fingerprint density at radius 3 is 1.96 bits per heavy atom. The molecule has 4 rings (SSSR count). The highest BCUT2D eigenvalue weighted by atomic mass is 35.5. The highest BCUT2D eigenvalue weighted by molar-refractivity contribution is 6.30. The van der Waals surface area contributed by atoms with Gasteiger partial charge in [0.1, 0.15) is 0 Å². The Labute approximate surface area is 158 Å². The molecule has 0 bridgehead atoms. The Morgan fingerprint density at radius 2 is 1.23 bits per heavy atom. The first kappa shape index (κ1) is 16.6. The standard InChI is InChI=1S/C24H18ClN/c1-17-7-5-11-20(13-17)24-16-21(19-10-6-12-22(25)14-19)15-23(26-24)18-8-3-2-4-9-18/h2-16H,1H3. The van der Waals surface area contributed by atoms with Gasteiger partial charge in [0.15, 0.2) is 0 Å². The van der Waals surface area contributed by atoms with Crippen LogP contribution in [0.15, 0.2) is 91.0 Å². The fourth-order valence-corrected chi connectivity index (χ4v) is 3.26. The first-order valence-electron chi connectivity index (χ1n) is 8.59. The zero-order chi connectivity index (χ0) is 17.9. The minimum Gasteiger partial charge on any atom is -0.248 e. The van der Waals surface area contributed by atoms with Crippen molar-refractivity contribution in [3.8, 4) is 33.6 Å².